The maximum atomic E-state index is 9.75. The minimum atomic E-state index is -6.00. The molecular formula is C26H45BF4Ir2S2. The van der Waals surface area contributed by atoms with Crippen molar-refractivity contribution >= 4 is 32.5 Å². The van der Waals surface area contributed by atoms with Gasteiger partial charge in [0.15, 0.2) is 0 Å². The Labute approximate surface area is 253 Å². The fourth-order valence-electron chi connectivity index (χ4n) is 2.81. The van der Waals surface area contributed by atoms with Crippen LogP contribution in [-0.2, 0) is 65.5 Å². The van der Waals surface area contributed by atoms with Gasteiger partial charge in [-0.2, -0.15) is 66.1 Å². The van der Waals surface area contributed by atoms with Crippen LogP contribution in [0.2, 0.25) is 0 Å². The smallest absolute Gasteiger partial charge is 1.00 e. The molecule has 210 valence electrons. The van der Waals surface area contributed by atoms with Crippen molar-refractivity contribution in [2.24, 2.45) is 0 Å². The van der Waals surface area contributed by atoms with E-state index in [1.54, 1.807) is 0 Å². The van der Waals surface area contributed by atoms with E-state index in [4.69, 9.17) is 0 Å². The van der Waals surface area contributed by atoms with E-state index in [-0.39, 0.29) is 41.6 Å². The van der Waals surface area contributed by atoms with Crippen molar-refractivity contribution in [3.63, 3.8) is 0 Å². The fourth-order valence-corrected chi connectivity index (χ4v) is 2.81. The first-order valence-electron chi connectivity index (χ1n) is 11.2. The molecule has 0 saturated heterocycles. The van der Waals surface area contributed by atoms with Crippen LogP contribution >= 0.6 is 0 Å². The van der Waals surface area contributed by atoms with Crippen molar-refractivity contribution in [3.8, 4) is 0 Å². The Morgan fingerprint density at radius 3 is 0.657 bits per heavy atom. The van der Waals surface area contributed by atoms with Crippen LogP contribution in [0.3, 0.4) is 0 Å². The van der Waals surface area contributed by atoms with Crippen LogP contribution in [0.4, 0.5) is 17.3 Å². The second kappa shape index (κ2) is 21.4. The largest absolute Gasteiger partial charge is 3.00 e. The third-order valence-corrected chi connectivity index (χ3v) is 5.62. The zero-order chi connectivity index (χ0) is 27.4. The summed E-state index contributed by atoms with van der Waals surface area (Å²) in [6, 6.07) is 0. The normalized spacial score (nSPS) is 9.77. The molecule has 0 aromatic heterocycles. The summed E-state index contributed by atoms with van der Waals surface area (Å²) in [5.74, 6) is 0. The summed E-state index contributed by atoms with van der Waals surface area (Å²) in [5.41, 5.74) is 14.7. The average molecular weight is 893 g/mol. The zero-order valence-electron chi connectivity index (χ0n) is 24.7. The van der Waals surface area contributed by atoms with Gasteiger partial charge in [0.25, 0.3) is 0 Å². The van der Waals surface area contributed by atoms with Gasteiger partial charge in [0, 0.05) is 0 Å². The van der Waals surface area contributed by atoms with Gasteiger partial charge in [-0.3, -0.25) is 0 Å². The summed E-state index contributed by atoms with van der Waals surface area (Å²) >= 11 is 9.24. The molecule has 2 aromatic carbocycles. The SMILES string of the molecule is CC(C)[S-].CC(C)[S-].Cc1c(C)c(C)[c-](C)c1C.Cc1c(C)c(C)[c-](C)c1C.F[B-](F)(F)F.[H-].[Ir+3].[Ir+3]. The van der Waals surface area contributed by atoms with Gasteiger partial charge in [-0.05, 0) is 0 Å². The van der Waals surface area contributed by atoms with Gasteiger partial charge >= 0.3 is 47.5 Å². The molecule has 0 N–H and O–H groups in total. The molecule has 0 aliphatic rings. The first kappa shape index (κ1) is 45.4. The van der Waals surface area contributed by atoms with E-state index in [2.05, 4.69) is 94.5 Å². The third kappa shape index (κ3) is 22.2. The Morgan fingerprint density at radius 2 is 0.629 bits per heavy atom. The molecule has 0 bridgehead atoms. The topological polar surface area (TPSA) is 0 Å². The van der Waals surface area contributed by atoms with Crippen LogP contribution in [0.1, 0.15) is 84.8 Å². The third-order valence-electron chi connectivity index (χ3n) is 5.62. The molecule has 0 saturated carbocycles. The Hall–Kier alpha value is 0.484. The molecule has 0 spiro atoms. The van der Waals surface area contributed by atoms with Crippen molar-refractivity contribution in [2.75, 3.05) is 0 Å². The Bertz CT molecular complexity index is 597. The van der Waals surface area contributed by atoms with Gasteiger partial charge in [-0.1, -0.05) is 96.9 Å². The molecule has 0 heterocycles. The quantitative estimate of drug-likeness (QED) is 0.112. The molecule has 0 radical (unpaired) electrons. The number of rotatable bonds is 0. The summed E-state index contributed by atoms with van der Waals surface area (Å²) in [7, 11) is -6.00. The molecule has 0 nitrogen and oxygen atoms in total. The molecule has 0 aliphatic carbocycles. The predicted molar refractivity (Wildman–Crippen MR) is 148 cm³/mol. The molecule has 0 atom stereocenters. The summed E-state index contributed by atoms with van der Waals surface area (Å²) in [6.07, 6.45) is 0. The van der Waals surface area contributed by atoms with Crippen LogP contribution in [0.5, 0.6) is 0 Å². The summed E-state index contributed by atoms with van der Waals surface area (Å²) in [6.45, 7) is 29.9. The number of halogens is 4. The van der Waals surface area contributed by atoms with E-state index >= 15 is 0 Å². The van der Waals surface area contributed by atoms with Crippen LogP contribution in [0.25, 0.3) is 0 Å². The maximum absolute atomic E-state index is 9.75. The minimum Gasteiger partial charge on any atom is -1.00 e. The van der Waals surface area contributed by atoms with E-state index < -0.39 is 7.25 Å². The fraction of sp³-hybridized carbons (Fsp3) is 0.615. The van der Waals surface area contributed by atoms with Crippen molar-refractivity contribution in [1.29, 1.82) is 0 Å². The van der Waals surface area contributed by atoms with Crippen LogP contribution < -0.4 is 0 Å². The van der Waals surface area contributed by atoms with Crippen LogP contribution in [0, 0.1) is 69.2 Å². The van der Waals surface area contributed by atoms with Crippen molar-refractivity contribution in [2.45, 2.75) is 107 Å². The van der Waals surface area contributed by atoms with E-state index in [1.165, 1.54) is 55.6 Å². The predicted octanol–water partition coefficient (Wildman–Crippen LogP) is 9.19. The van der Waals surface area contributed by atoms with Gasteiger partial charge in [-0.15, -0.1) is 0 Å². The standard InChI is InChI=1S/2C10H15.2C3H8S.BF4.2Ir.H/c2*1-6-7(2)9(4)10(5)8(6)3;2*1-3(2)4;2-1(3,4)5;;;/h2*1-5H3;2*3-4H,1-2H3;;;;/q2*-1;;;-1;2*+3;-1/p-2. The number of hydrogen-bond donors (Lipinski definition) is 0. The first-order chi connectivity index (χ1) is 14.6. The molecular weight excluding hydrogens is 848 g/mol. The van der Waals surface area contributed by atoms with Gasteiger partial charge in [0.2, 0.25) is 0 Å². The first-order valence-corrected chi connectivity index (χ1v) is 12.1. The Morgan fingerprint density at radius 1 is 0.543 bits per heavy atom. The molecule has 2 rings (SSSR count). The monoisotopic (exact) mass is 894 g/mol. The molecule has 35 heavy (non-hydrogen) atoms. The van der Waals surface area contributed by atoms with E-state index in [9.17, 15) is 17.3 Å². The van der Waals surface area contributed by atoms with Gasteiger partial charge in [0.1, 0.15) is 0 Å². The Balaban J connectivity index is -0.0000000814. The minimum absolute atomic E-state index is 0. The zero-order valence-corrected chi connectivity index (χ0v) is 30.2. The van der Waals surface area contributed by atoms with Crippen LogP contribution in [0.15, 0.2) is 0 Å². The van der Waals surface area contributed by atoms with Crippen molar-refractivity contribution < 1.29 is 58.9 Å². The summed E-state index contributed by atoms with van der Waals surface area (Å²) in [4.78, 5) is 0. The van der Waals surface area contributed by atoms with Gasteiger partial charge in [-0.25, -0.2) is 0 Å². The molecule has 0 fully saturated rings. The second-order valence-corrected chi connectivity index (χ2v) is 10.7. The molecule has 9 heteroatoms. The molecule has 0 aliphatic heterocycles. The van der Waals surface area contributed by atoms with E-state index in [0.717, 1.165) is 0 Å². The summed E-state index contributed by atoms with van der Waals surface area (Å²) < 4.78 is 39.0. The molecule has 0 amide bonds. The Kier molecular flexibility index (Phi) is 27.8. The van der Waals surface area contributed by atoms with Gasteiger partial charge < -0.3 is 43.9 Å². The van der Waals surface area contributed by atoms with E-state index in [1.807, 2.05) is 27.7 Å². The van der Waals surface area contributed by atoms with Crippen molar-refractivity contribution in [1.82, 2.24) is 0 Å². The van der Waals surface area contributed by atoms with Crippen molar-refractivity contribution in [3.05, 3.63) is 55.6 Å². The summed E-state index contributed by atoms with van der Waals surface area (Å²) in [5, 5.41) is 0.833. The average Bonchev–Trinajstić information content (AvgIpc) is 2.90. The van der Waals surface area contributed by atoms with Gasteiger partial charge in [0.05, 0.1) is 0 Å². The van der Waals surface area contributed by atoms with Crippen LogP contribution in [-0.4, -0.2) is 17.8 Å². The maximum Gasteiger partial charge on any atom is 3.00 e. The molecule has 2 aromatic rings. The second-order valence-electron chi connectivity index (χ2n) is 8.84. The number of hydrogen-bond acceptors (Lipinski definition) is 2. The molecule has 0 unspecified atom stereocenters. The van der Waals surface area contributed by atoms with E-state index in [0.29, 0.717) is 10.5 Å².